The van der Waals surface area contributed by atoms with Crippen LogP contribution in [-0.2, 0) is 4.79 Å². The summed E-state index contributed by atoms with van der Waals surface area (Å²) in [6, 6.07) is 0. The molecular weight excluding hydrogens is 234 g/mol. The number of likely N-dealkylation sites (N-methyl/N-ethyl adjacent to an activating group) is 2. The van der Waals surface area contributed by atoms with E-state index in [9.17, 15) is 4.79 Å². The molecule has 0 saturated carbocycles. The molecule has 17 heavy (non-hydrogen) atoms. The molecule has 0 aliphatic carbocycles. The van der Waals surface area contributed by atoms with Gasteiger partial charge in [-0.25, -0.2) is 0 Å². The van der Waals surface area contributed by atoms with Crippen LogP contribution < -0.4 is 5.73 Å². The zero-order valence-corrected chi connectivity index (χ0v) is 12.2. The van der Waals surface area contributed by atoms with Crippen LogP contribution in [0.3, 0.4) is 0 Å². The summed E-state index contributed by atoms with van der Waals surface area (Å²) in [5.41, 5.74) is 5.41. The van der Waals surface area contributed by atoms with Crippen molar-refractivity contribution in [1.82, 2.24) is 9.80 Å². The Kier molecular flexibility index (Phi) is 8.08. The molecule has 1 amide bonds. The molecular formula is C12H25N3OS. The quantitative estimate of drug-likeness (QED) is 0.663. The molecule has 5 heteroatoms. The van der Waals surface area contributed by atoms with Gasteiger partial charge >= 0.3 is 0 Å². The Labute approximate surface area is 110 Å². The fourth-order valence-corrected chi connectivity index (χ4v) is 1.40. The molecule has 0 rings (SSSR count). The number of carbonyl (C=O) groups excluding carboxylic acids is 1. The highest BCUT2D eigenvalue weighted by Crippen LogP contribution is 2.01. The summed E-state index contributed by atoms with van der Waals surface area (Å²) in [5, 5.41) is 0. The molecule has 100 valence electrons. The lowest BCUT2D eigenvalue weighted by atomic mass is 10.1. The van der Waals surface area contributed by atoms with Crippen LogP contribution in [-0.4, -0.2) is 54.4 Å². The first-order valence-corrected chi connectivity index (χ1v) is 6.44. The van der Waals surface area contributed by atoms with Crippen LogP contribution in [0.2, 0.25) is 0 Å². The van der Waals surface area contributed by atoms with Gasteiger partial charge in [-0.3, -0.25) is 9.69 Å². The Morgan fingerprint density at radius 1 is 1.29 bits per heavy atom. The van der Waals surface area contributed by atoms with E-state index in [1.165, 1.54) is 0 Å². The molecule has 0 unspecified atom stereocenters. The first-order chi connectivity index (χ1) is 7.82. The van der Waals surface area contributed by atoms with E-state index in [0.29, 0.717) is 30.4 Å². The third-order valence-corrected chi connectivity index (χ3v) is 2.82. The van der Waals surface area contributed by atoms with Crippen LogP contribution in [0.15, 0.2) is 0 Å². The van der Waals surface area contributed by atoms with E-state index in [-0.39, 0.29) is 5.91 Å². The number of amides is 1. The van der Waals surface area contributed by atoms with Crippen LogP contribution in [0.5, 0.6) is 0 Å². The number of nitrogens with two attached hydrogens (primary N) is 1. The summed E-state index contributed by atoms with van der Waals surface area (Å²) in [6.07, 6.45) is 1.70. The fraction of sp³-hybridized carbons (Fsp3) is 0.833. The number of hydrogen-bond donors (Lipinski definition) is 1. The second-order valence-corrected chi connectivity index (χ2v) is 5.48. The smallest absolute Gasteiger partial charge is 0.236 e. The maximum atomic E-state index is 11.8. The van der Waals surface area contributed by atoms with E-state index in [1.807, 2.05) is 7.05 Å². The molecule has 4 nitrogen and oxygen atoms in total. The molecule has 0 bridgehead atoms. The molecule has 0 aromatic rings. The SMILES string of the molecule is CC(C)CCN(C)CC(=O)N(C)CCC(N)=S. The topological polar surface area (TPSA) is 49.6 Å². The average molecular weight is 259 g/mol. The van der Waals surface area contributed by atoms with Gasteiger partial charge in [0.1, 0.15) is 0 Å². The summed E-state index contributed by atoms with van der Waals surface area (Å²) in [5.74, 6) is 0.785. The number of hydrogen-bond acceptors (Lipinski definition) is 3. The molecule has 0 radical (unpaired) electrons. The van der Waals surface area contributed by atoms with Crippen LogP contribution in [0.25, 0.3) is 0 Å². The van der Waals surface area contributed by atoms with Crippen molar-refractivity contribution in [3.63, 3.8) is 0 Å². The number of nitrogens with zero attached hydrogens (tertiary/aromatic N) is 2. The zero-order chi connectivity index (χ0) is 13.4. The molecule has 0 aromatic heterocycles. The summed E-state index contributed by atoms with van der Waals surface area (Å²) in [7, 11) is 3.76. The highest BCUT2D eigenvalue weighted by Gasteiger charge is 2.11. The summed E-state index contributed by atoms with van der Waals surface area (Å²) >= 11 is 4.79. The molecule has 0 fully saturated rings. The van der Waals surface area contributed by atoms with E-state index >= 15 is 0 Å². The predicted octanol–water partition coefficient (Wildman–Crippen LogP) is 1.10. The standard InChI is InChI=1S/C12H25N3OS/c1-10(2)5-7-14(3)9-12(16)15(4)8-6-11(13)17/h10H,5-9H2,1-4H3,(H2,13,17). The molecule has 0 aliphatic rings. The van der Waals surface area contributed by atoms with E-state index < -0.39 is 0 Å². The molecule has 0 spiro atoms. The van der Waals surface area contributed by atoms with Gasteiger partial charge in [0.25, 0.3) is 0 Å². The van der Waals surface area contributed by atoms with Crippen molar-refractivity contribution in [2.24, 2.45) is 11.7 Å². The van der Waals surface area contributed by atoms with Gasteiger partial charge in [-0.15, -0.1) is 0 Å². The Morgan fingerprint density at radius 2 is 1.88 bits per heavy atom. The van der Waals surface area contributed by atoms with E-state index in [0.717, 1.165) is 13.0 Å². The maximum Gasteiger partial charge on any atom is 0.236 e. The molecule has 0 aliphatic heterocycles. The van der Waals surface area contributed by atoms with Crippen molar-refractivity contribution < 1.29 is 4.79 Å². The van der Waals surface area contributed by atoms with E-state index in [1.54, 1.807) is 11.9 Å². The van der Waals surface area contributed by atoms with Gasteiger partial charge in [0, 0.05) is 20.0 Å². The minimum Gasteiger partial charge on any atom is -0.393 e. The number of thiocarbonyl (C=S) groups is 1. The van der Waals surface area contributed by atoms with Gasteiger partial charge in [0.2, 0.25) is 5.91 Å². The van der Waals surface area contributed by atoms with Gasteiger partial charge < -0.3 is 10.6 Å². The Morgan fingerprint density at radius 3 is 2.35 bits per heavy atom. The second kappa shape index (κ2) is 8.42. The van der Waals surface area contributed by atoms with Crippen molar-refractivity contribution in [3.05, 3.63) is 0 Å². The summed E-state index contributed by atoms with van der Waals surface area (Å²) in [4.78, 5) is 16.0. The third kappa shape index (κ3) is 9.06. The third-order valence-electron chi connectivity index (χ3n) is 2.61. The van der Waals surface area contributed by atoms with Gasteiger partial charge in [-0.1, -0.05) is 26.1 Å². The van der Waals surface area contributed by atoms with E-state index in [4.69, 9.17) is 18.0 Å². The highest BCUT2D eigenvalue weighted by molar-refractivity contribution is 7.80. The zero-order valence-electron chi connectivity index (χ0n) is 11.4. The van der Waals surface area contributed by atoms with Gasteiger partial charge in [-0.05, 0) is 25.9 Å². The molecule has 0 aromatic carbocycles. The fourth-order valence-electron chi connectivity index (χ4n) is 1.31. The van der Waals surface area contributed by atoms with Crippen LogP contribution >= 0.6 is 12.2 Å². The lowest BCUT2D eigenvalue weighted by Crippen LogP contribution is -2.38. The van der Waals surface area contributed by atoms with Crippen LogP contribution in [0.4, 0.5) is 0 Å². The lowest BCUT2D eigenvalue weighted by molar-refractivity contribution is -0.130. The number of rotatable bonds is 8. The Balaban J connectivity index is 3.86. The first kappa shape index (κ1) is 16.3. The van der Waals surface area contributed by atoms with Gasteiger partial charge in [0.15, 0.2) is 0 Å². The van der Waals surface area contributed by atoms with Crippen molar-refractivity contribution >= 4 is 23.1 Å². The average Bonchev–Trinajstić information content (AvgIpc) is 2.22. The Hall–Kier alpha value is -0.680. The molecule has 2 N–H and O–H groups in total. The van der Waals surface area contributed by atoms with Crippen molar-refractivity contribution in [3.8, 4) is 0 Å². The minimum atomic E-state index is 0.118. The predicted molar refractivity (Wildman–Crippen MR) is 76.0 cm³/mol. The van der Waals surface area contributed by atoms with Crippen molar-refractivity contribution in [2.45, 2.75) is 26.7 Å². The molecule has 0 heterocycles. The maximum absolute atomic E-state index is 11.8. The molecule has 0 saturated heterocycles. The van der Waals surface area contributed by atoms with Crippen molar-refractivity contribution in [1.29, 1.82) is 0 Å². The highest BCUT2D eigenvalue weighted by atomic mass is 32.1. The van der Waals surface area contributed by atoms with Gasteiger partial charge in [0.05, 0.1) is 11.5 Å². The van der Waals surface area contributed by atoms with Crippen molar-refractivity contribution in [2.75, 3.05) is 33.7 Å². The number of carbonyl (C=O) groups is 1. The lowest BCUT2D eigenvalue weighted by Gasteiger charge is -2.22. The molecule has 0 atom stereocenters. The second-order valence-electron chi connectivity index (χ2n) is 4.95. The summed E-state index contributed by atoms with van der Waals surface area (Å²) in [6.45, 7) is 6.38. The first-order valence-electron chi connectivity index (χ1n) is 6.03. The van der Waals surface area contributed by atoms with Crippen LogP contribution in [0.1, 0.15) is 26.7 Å². The van der Waals surface area contributed by atoms with Gasteiger partial charge in [-0.2, -0.15) is 0 Å². The summed E-state index contributed by atoms with van der Waals surface area (Å²) < 4.78 is 0. The van der Waals surface area contributed by atoms with E-state index in [2.05, 4.69) is 18.7 Å². The minimum absolute atomic E-state index is 0.118. The monoisotopic (exact) mass is 259 g/mol. The largest absolute Gasteiger partial charge is 0.393 e. The normalized spacial score (nSPS) is 10.9. The Bertz CT molecular complexity index is 256. The van der Waals surface area contributed by atoms with Crippen LogP contribution in [0, 0.1) is 5.92 Å².